The van der Waals surface area contributed by atoms with Crippen LogP contribution in [0.2, 0.25) is 0 Å². The highest BCUT2D eigenvalue weighted by molar-refractivity contribution is 7.22. The number of rotatable bonds is 3. The van der Waals surface area contributed by atoms with Crippen molar-refractivity contribution in [1.82, 2.24) is 4.98 Å². The summed E-state index contributed by atoms with van der Waals surface area (Å²) >= 11 is 1.32. The Hall–Kier alpha value is -3.11. The smallest absolute Gasteiger partial charge is 0.181 e. The number of nitrogen functional groups attached to an aromatic ring is 2. The van der Waals surface area contributed by atoms with Crippen molar-refractivity contribution >= 4 is 38.1 Å². The van der Waals surface area contributed by atoms with Gasteiger partial charge in [-0.15, -0.1) is 0 Å². The van der Waals surface area contributed by atoms with E-state index in [0.717, 1.165) is 10.4 Å². The third-order valence-electron chi connectivity index (χ3n) is 3.32. The van der Waals surface area contributed by atoms with Crippen LogP contribution in [0, 0.1) is 11.8 Å². The Morgan fingerprint density at radius 2 is 2.12 bits per heavy atom. The number of thiazole rings is 1. The van der Waals surface area contributed by atoms with E-state index >= 15 is 0 Å². The van der Waals surface area contributed by atoms with Crippen molar-refractivity contribution < 1.29 is 9.84 Å². The molecule has 0 radical (unpaired) electrons. The lowest BCUT2D eigenvalue weighted by Gasteiger charge is -2.09. The Morgan fingerprint density at radius 3 is 2.92 bits per heavy atom. The Labute approximate surface area is 143 Å². The number of fused-ring (bicyclic) bond motifs is 1. The number of anilines is 3. The van der Waals surface area contributed by atoms with E-state index in [1.807, 2.05) is 12.1 Å². The van der Waals surface area contributed by atoms with Crippen LogP contribution in [0.1, 0.15) is 5.56 Å². The number of benzene rings is 2. The first kappa shape index (κ1) is 15.8. The first-order chi connectivity index (χ1) is 11.6. The molecule has 0 unspecified atom stereocenters. The first-order valence-electron chi connectivity index (χ1n) is 7.12. The van der Waals surface area contributed by atoms with Crippen LogP contribution in [0.4, 0.5) is 16.5 Å². The lowest BCUT2D eigenvalue weighted by atomic mass is 10.2. The minimum atomic E-state index is 0.0814. The Balaban J connectivity index is 1.74. The average Bonchev–Trinajstić information content (AvgIpc) is 2.93. The maximum absolute atomic E-state index is 9.97. The topological polar surface area (TPSA) is 106 Å². The molecule has 0 saturated heterocycles. The lowest BCUT2D eigenvalue weighted by Crippen LogP contribution is -2.01. The fourth-order valence-corrected chi connectivity index (χ4v) is 3.04. The second-order valence-electron chi connectivity index (χ2n) is 5.01. The van der Waals surface area contributed by atoms with Gasteiger partial charge in [0, 0.05) is 17.3 Å². The fraction of sp³-hybridized carbons (Fsp3) is 0.118. The van der Waals surface area contributed by atoms with E-state index in [1.54, 1.807) is 25.3 Å². The summed E-state index contributed by atoms with van der Waals surface area (Å²) in [5, 5.41) is 13.6. The van der Waals surface area contributed by atoms with Crippen LogP contribution in [-0.4, -0.2) is 23.7 Å². The summed E-state index contributed by atoms with van der Waals surface area (Å²) in [5.74, 6) is 6.76. The molecular formula is C17H16N4O2S. The van der Waals surface area contributed by atoms with Gasteiger partial charge in [0.1, 0.15) is 17.0 Å². The van der Waals surface area contributed by atoms with E-state index in [2.05, 4.69) is 22.1 Å². The van der Waals surface area contributed by atoms with Crippen molar-refractivity contribution in [3.05, 3.63) is 35.9 Å². The first-order valence-corrected chi connectivity index (χ1v) is 7.94. The number of hydrogen-bond acceptors (Lipinski definition) is 7. The number of nitrogens with one attached hydrogen (secondary N) is 1. The van der Waals surface area contributed by atoms with Crippen molar-refractivity contribution in [2.75, 3.05) is 30.4 Å². The van der Waals surface area contributed by atoms with E-state index in [0.29, 0.717) is 34.2 Å². The molecule has 3 rings (SSSR count). The summed E-state index contributed by atoms with van der Waals surface area (Å²) in [4.78, 5) is 4.08. The zero-order valence-corrected chi connectivity index (χ0v) is 13.8. The van der Waals surface area contributed by atoms with Gasteiger partial charge in [0.15, 0.2) is 5.13 Å². The molecule has 0 spiro atoms. The molecule has 0 atom stereocenters. The molecule has 7 heteroatoms. The van der Waals surface area contributed by atoms with Gasteiger partial charge in [0.05, 0.1) is 24.0 Å². The third kappa shape index (κ3) is 3.29. The fourth-order valence-electron chi connectivity index (χ4n) is 2.24. The molecular weight excluding hydrogens is 324 g/mol. The van der Waals surface area contributed by atoms with E-state index < -0.39 is 0 Å². The summed E-state index contributed by atoms with van der Waals surface area (Å²) < 4.78 is 6.08. The minimum Gasteiger partial charge on any atom is -0.506 e. The van der Waals surface area contributed by atoms with Crippen molar-refractivity contribution in [2.45, 2.75) is 0 Å². The molecule has 6 nitrogen and oxygen atoms in total. The third-order valence-corrected chi connectivity index (χ3v) is 4.15. The number of ether oxygens (including phenoxy) is 1. The van der Waals surface area contributed by atoms with Gasteiger partial charge in [-0.25, -0.2) is 4.98 Å². The summed E-state index contributed by atoms with van der Waals surface area (Å²) in [6.45, 7) is 0.421. The van der Waals surface area contributed by atoms with Gasteiger partial charge < -0.3 is 26.6 Å². The molecule has 0 saturated carbocycles. The Bertz CT molecular complexity index is 956. The molecule has 6 N–H and O–H groups in total. The number of phenols is 1. The van der Waals surface area contributed by atoms with Crippen LogP contribution in [0.5, 0.6) is 11.5 Å². The highest BCUT2D eigenvalue weighted by Crippen LogP contribution is 2.31. The molecule has 0 fully saturated rings. The van der Waals surface area contributed by atoms with Crippen LogP contribution in [-0.2, 0) is 0 Å². The van der Waals surface area contributed by atoms with E-state index in [1.165, 1.54) is 11.3 Å². The van der Waals surface area contributed by atoms with E-state index in [4.69, 9.17) is 16.2 Å². The molecule has 0 aliphatic heterocycles. The molecule has 0 aliphatic carbocycles. The summed E-state index contributed by atoms with van der Waals surface area (Å²) in [7, 11) is 1.59. The zero-order chi connectivity index (χ0) is 17.1. The standard InChI is InChI=1S/C17H16N4O2S/c1-23-14-9-11(18)4-5-12(14)20-6-2-3-10-7-13(22)16-15(8-10)24-17(19)21-16/h4-5,7-9,20,22H,6,18H2,1H3,(H2,19,21). The number of phenolic OH excluding ortho intramolecular Hbond substituents is 1. The molecule has 24 heavy (non-hydrogen) atoms. The maximum atomic E-state index is 9.97. The quantitative estimate of drug-likeness (QED) is 0.431. The van der Waals surface area contributed by atoms with Gasteiger partial charge in [-0.1, -0.05) is 23.2 Å². The molecule has 0 amide bonds. The van der Waals surface area contributed by atoms with Crippen molar-refractivity contribution in [1.29, 1.82) is 0 Å². The number of methoxy groups -OCH3 is 1. The highest BCUT2D eigenvalue weighted by atomic mass is 32.1. The normalized spacial score (nSPS) is 10.2. The molecule has 1 heterocycles. The lowest BCUT2D eigenvalue weighted by molar-refractivity contribution is 0.417. The second kappa shape index (κ2) is 6.56. The Morgan fingerprint density at radius 1 is 1.29 bits per heavy atom. The van der Waals surface area contributed by atoms with Gasteiger partial charge in [-0.2, -0.15) is 0 Å². The van der Waals surface area contributed by atoms with Crippen molar-refractivity contribution in [3.8, 4) is 23.3 Å². The van der Waals surface area contributed by atoms with Crippen LogP contribution in [0.25, 0.3) is 10.2 Å². The minimum absolute atomic E-state index is 0.0814. The molecule has 122 valence electrons. The highest BCUT2D eigenvalue weighted by Gasteiger charge is 2.07. The van der Waals surface area contributed by atoms with Gasteiger partial charge in [-0.3, -0.25) is 0 Å². The Kier molecular flexibility index (Phi) is 4.31. The second-order valence-corrected chi connectivity index (χ2v) is 6.07. The summed E-state index contributed by atoms with van der Waals surface area (Å²) in [6, 6.07) is 8.82. The molecule has 0 bridgehead atoms. The zero-order valence-electron chi connectivity index (χ0n) is 13.0. The molecule has 1 aromatic heterocycles. The van der Waals surface area contributed by atoms with Gasteiger partial charge >= 0.3 is 0 Å². The summed E-state index contributed by atoms with van der Waals surface area (Å²) in [5.41, 5.74) is 14.0. The largest absolute Gasteiger partial charge is 0.506 e. The van der Waals surface area contributed by atoms with Crippen LogP contribution < -0.4 is 21.5 Å². The number of aromatic nitrogens is 1. The number of hydrogen-bond donors (Lipinski definition) is 4. The SMILES string of the molecule is COc1cc(N)ccc1NCC#Cc1cc(O)c2nc(N)sc2c1. The van der Waals surface area contributed by atoms with Crippen LogP contribution in [0.15, 0.2) is 30.3 Å². The monoisotopic (exact) mass is 340 g/mol. The van der Waals surface area contributed by atoms with Crippen molar-refractivity contribution in [3.63, 3.8) is 0 Å². The van der Waals surface area contributed by atoms with Crippen LogP contribution in [0.3, 0.4) is 0 Å². The molecule has 0 aliphatic rings. The summed E-state index contributed by atoms with van der Waals surface area (Å²) in [6.07, 6.45) is 0. The van der Waals surface area contributed by atoms with Crippen molar-refractivity contribution in [2.24, 2.45) is 0 Å². The molecule has 2 aromatic carbocycles. The number of nitrogens with zero attached hydrogens (tertiary/aromatic N) is 1. The number of nitrogens with two attached hydrogens (primary N) is 2. The van der Waals surface area contributed by atoms with Gasteiger partial charge in [-0.05, 0) is 24.3 Å². The van der Waals surface area contributed by atoms with Gasteiger partial charge in [0.2, 0.25) is 0 Å². The van der Waals surface area contributed by atoms with Gasteiger partial charge in [0.25, 0.3) is 0 Å². The van der Waals surface area contributed by atoms with E-state index in [-0.39, 0.29) is 5.75 Å². The molecule has 3 aromatic rings. The predicted molar refractivity (Wildman–Crippen MR) is 98.5 cm³/mol. The van der Waals surface area contributed by atoms with Crippen LogP contribution >= 0.6 is 11.3 Å². The predicted octanol–water partition coefficient (Wildman–Crippen LogP) is 2.64. The average molecular weight is 340 g/mol. The maximum Gasteiger partial charge on any atom is 0.181 e. The van der Waals surface area contributed by atoms with E-state index in [9.17, 15) is 5.11 Å². The number of aromatic hydroxyl groups is 1.